The van der Waals surface area contributed by atoms with E-state index >= 15 is 0 Å². The highest BCUT2D eigenvalue weighted by Crippen LogP contribution is 2.44. The number of rotatable bonds is 9. The molecule has 15 heteroatoms. The van der Waals surface area contributed by atoms with Gasteiger partial charge in [0, 0.05) is 104 Å². The van der Waals surface area contributed by atoms with Gasteiger partial charge in [-0.1, -0.05) is 19.9 Å². The molecule has 8 rings (SSSR count). The lowest BCUT2D eigenvalue weighted by atomic mass is 9.84. The Labute approximate surface area is 353 Å². The van der Waals surface area contributed by atoms with Crippen molar-refractivity contribution in [2.24, 2.45) is 17.3 Å². The van der Waals surface area contributed by atoms with Crippen LogP contribution in [0.3, 0.4) is 0 Å². The van der Waals surface area contributed by atoms with Gasteiger partial charge < -0.3 is 33.7 Å². The Morgan fingerprint density at radius 1 is 1.17 bits per heavy atom. The van der Waals surface area contributed by atoms with Gasteiger partial charge in [0.25, 0.3) is 0 Å². The van der Waals surface area contributed by atoms with Crippen LogP contribution in [0.15, 0.2) is 35.8 Å². The number of hydrazine groups is 1. The normalized spacial score (nSPS) is 24.5. The number of carbonyl (C=O) groups is 3. The van der Waals surface area contributed by atoms with Crippen LogP contribution in [0.1, 0.15) is 69.3 Å². The molecule has 1 aromatic carbocycles. The number of amides is 1. The lowest BCUT2D eigenvalue weighted by molar-refractivity contribution is -0.154. The molecule has 1 aliphatic carbocycles. The summed E-state index contributed by atoms with van der Waals surface area (Å²) in [6.07, 6.45) is 4.49. The fourth-order valence-corrected chi connectivity index (χ4v) is 11.4. The second-order valence-corrected chi connectivity index (χ2v) is 20.0. The summed E-state index contributed by atoms with van der Waals surface area (Å²) in [5.74, 6) is -0.825. The van der Waals surface area contributed by atoms with Crippen LogP contribution in [0.4, 0.5) is 5.69 Å². The van der Waals surface area contributed by atoms with Crippen molar-refractivity contribution in [2.75, 3.05) is 65.0 Å². The summed E-state index contributed by atoms with van der Waals surface area (Å²) in [5.41, 5.74) is 10.2. The van der Waals surface area contributed by atoms with Crippen molar-refractivity contribution in [1.82, 2.24) is 29.9 Å². The van der Waals surface area contributed by atoms with Crippen molar-refractivity contribution < 1.29 is 29.0 Å². The van der Waals surface area contributed by atoms with Crippen LogP contribution in [0, 0.1) is 17.3 Å². The zero-order valence-corrected chi connectivity index (χ0v) is 36.9. The zero-order valence-electron chi connectivity index (χ0n) is 35.1. The van der Waals surface area contributed by atoms with Crippen molar-refractivity contribution >= 4 is 54.7 Å². The average molecular weight is 840 g/mol. The Balaban J connectivity index is 1.25. The Kier molecular flexibility index (Phi) is 12.1. The number of aromatic nitrogens is 3. The summed E-state index contributed by atoms with van der Waals surface area (Å²) < 4.78 is 14.5. The summed E-state index contributed by atoms with van der Waals surface area (Å²) in [5, 5.41) is 15.1. The standard InChI is InChI=1S/C44H57N7O6SSi/c1-7-50-36-11-10-27-17-31(36)33(40(50)32-19-29(22-45-39(32)26(2)56-6)49-15-13-48(5)14-16-49)21-44(3,4)25-57-42(54)34-9-8-12-51(47-34)41(53)37(20-38-46-35(27)24-58-38)59-43(55)30-18-28(30)23-52/h10-11,17,19,22,24,26,28,30,34,37,47,52H,7-9,12-16,18,20-21,23,25H2,1-6H3/t26-,28-,30+,34-,37-/m0/s1. The maximum atomic E-state index is 14.2. The van der Waals surface area contributed by atoms with Crippen LogP contribution in [-0.2, 0) is 43.2 Å². The van der Waals surface area contributed by atoms with E-state index in [9.17, 15) is 19.5 Å². The van der Waals surface area contributed by atoms with Crippen LogP contribution in [-0.4, -0.2) is 122 Å². The fourth-order valence-electron chi connectivity index (χ4n) is 8.89. The molecule has 0 spiro atoms. The molecule has 2 saturated heterocycles. The molecule has 5 atom stereocenters. The molecule has 3 aliphatic heterocycles. The number of likely N-dealkylation sites (N-methyl/N-ethyl adjacent to an activating group) is 1. The number of methoxy groups -OCH3 is 1. The Morgan fingerprint density at radius 3 is 2.69 bits per heavy atom. The third kappa shape index (κ3) is 8.64. The highest BCUT2D eigenvalue weighted by atomic mass is 32.1. The molecule has 13 nitrogen and oxygen atoms in total. The number of thiazole rings is 1. The molecule has 314 valence electrons. The Morgan fingerprint density at radius 2 is 1.97 bits per heavy atom. The molecule has 4 aromatic rings. The number of aryl methyl sites for hydroxylation is 1. The van der Waals surface area contributed by atoms with Crippen molar-refractivity contribution in [3.63, 3.8) is 0 Å². The second-order valence-electron chi connectivity index (χ2n) is 17.5. The molecule has 2 N–H and O–H groups in total. The Bertz CT molecular complexity index is 2220. The van der Waals surface area contributed by atoms with E-state index in [1.54, 1.807) is 7.11 Å². The van der Waals surface area contributed by atoms with Crippen molar-refractivity contribution in [2.45, 2.75) is 84.0 Å². The number of benzene rings is 1. The Hall–Kier alpha value is -3.99. The first kappa shape index (κ1) is 41.7. The summed E-state index contributed by atoms with van der Waals surface area (Å²) >= 11 is 1.50. The van der Waals surface area contributed by atoms with E-state index in [4.69, 9.17) is 19.4 Å². The SMILES string of the molecule is CCn1c(-c2cc(N3CCN(C)CC3)cnc2[C@H](C)OC)c2c3cc(ccc31)-c1csc(n1)C[C@H]([Si]C(=O)[C@@H]1C[C@H]1CO)C(=O)N1CCC[C@H](N1)C(=O)OCC(C)(C)C2. The molecule has 1 saturated carbocycles. The number of cyclic esters (lactones) is 1. The fraction of sp³-hybridized carbons (Fsp3) is 0.568. The number of hydrogen-bond donors (Lipinski definition) is 2. The zero-order chi connectivity index (χ0) is 41.6. The van der Waals surface area contributed by atoms with Gasteiger partial charge in [-0.25, -0.2) is 10.4 Å². The highest BCUT2D eigenvalue weighted by molar-refractivity contribution is 7.10. The summed E-state index contributed by atoms with van der Waals surface area (Å²) in [6.45, 7) is 13.6. The van der Waals surface area contributed by atoms with Crippen LogP contribution >= 0.6 is 11.3 Å². The maximum Gasteiger partial charge on any atom is 0.324 e. The van der Waals surface area contributed by atoms with Gasteiger partial charge in [-0.3, -0.25) is 19.6 Å². The summed E-state index contributed by atoms with van der Waals surface area (Å²) in [6, 6.07) is 8.15. The maximum absolute atomic E-state index is 14.2. The number of carbonyl (C=O) groups excluding carboxylic acids is 3. The molecular weight excluding hydrogens is 783 g/mol. The van der Waals surface area contributed by atoms with Crippen LogP contribution in [0.2, 0.25) is 5.54 Å². The van der Waals surface area contributed by atoms with Gasteiger partial charge in [0.05, 0.1) is 46.7 Å². The van der Waals surface area contributed by atoms with E-state index in [1.165, 1.54) is 16.3 Å². The van der Waals surface area contributed by atoms with E-state index in [-0.39, 0.29) is 58.0 Å². The van der Waals surface area contributed by atoms with Crippen LogP contribution in [0.5, 0.6) is 0 Å². The number of nitrogens with zero attached hydrogens (tertiary/aromatic N) is 6. The number of piperazine rings is 1. The lowest BCUT2D eigenvalue weighted by Gasteiger charge is -2.35. The number of anilines is 1. The molecule has 6 bridgehead atoms. The predicted molar refractivity (Wildman–Crippen MR) is 230 cm³/mol. The number of hydrogen-bond acceptors (Lipinski definition) is 12. The van der Waals surface area contributed by atoms with Gasteiger partial charge in [-0.2, -0.15) is 0 Å². The van der Waals surface area contributed by atoms with E-state index < -0.39 is 17.0 Å². The van der Waals surface area contributed by atoms with E-state index in [0.717, 1.165) is 88.1 Å². The quantitative estimate of drug-likeness (QED) is 0.172. The van der Waals surface area contributed by atoms with E-state index in [1.807, 2.05) is 18.5 Å². The molecule has 1 amide bonds. The van der Waals surface area contributed by atoms with Crippen molar-refractivity contribution in [3.05, 3.63) is 52.1 Å². The molecular formula is C44H57N7O6SSi. The third-order valence-electron chi connectivity index (χ3n) is 12.6. The largest absolute Gasteiger partial charge is 0.464 e. The summed E-state index contributed by atoms with van der Waals surface area (Å²) in [7, 11) is 3.63. The van der Waals surface area contributed by atoms with Crippen molar-refractivity contribution in [1.29, 1.82) is 0 Å². The molecule has 3 aromatic heterocycles. The summed E-state index contributed by atoms with van der Waals surface area (Å²) in [4.78, 5) is 56.4. The van der Waals surface area contributed by atoms with Gasteiger partial charge in [0.2, 0.25) is 5.91 Å². The first-order valence-electron chi connectivity index (χ1n) is 21.1. The van der Waals surface area contributed by atoms with Gasteiger partial charge in [0.15, 0.2) is 0 Å². The number of ether oxygens (including phenoxy) is 2. The molecule has 2 radical (unpaired) electrons. The first-order valence-corrected chi connectivity index (χ1v) is 23.1. The highest BCUT2D eigenvalue weighted by Gasteiger charge is 2.44. The molecule has 3 fully saturated rings. The number of fused-ring (bicyclic) bond motifs is 6. The third-order valence-corrected chi connectivity index (χ3v) is 14.9. The van der Waals surface area contributed by atoms with Crippen molar-refractivity contribution in [3.8, 4) is 22.5 Å². The molecule has 59 heavy (non-hydrogen) atoms. The monoisotopic (exact) mass is 839 g/mol. The molecule has 0 unspecified atom stereocenters. The second kappa shape index (κ2) is 17.2. The van der Waals surface area contributed by atoms with Gasteiger partial charge in [-0.05, 0) is 76.3 Å². The van der Waals surface area contributed by atoms with Gasteiger partial charge in [-0.15, -0.1) is 11.3 Å². The number of pyridine rings is 1. The number of esters is 1. The van der Waals surface area contributed by atoms with E-state index in [2.05, 4.69) is 71.9 Å². The minimum absolute atomic E-state index is 0.0217. The average Bonchev–Trinajstić information content (AvgIpc) is 3.80. The lowest BCUT2D eigenvalue weighted by Crippen LogP contribution is -2.57. The first-order chi connectivity index (χ1) is 28.4. The smallest absolute Gasteiger partial charge is 0.324 e. The predicted octanol–water partition coefficient (Wildman–Crippen LogP) is 5.12. The number of aliphatic hydroxyl groups is 1. The molecule has 6 heterocycles. The number of aliphatic hydroxyl groups excluding tert-OH is 1. The minimum Gasteiger partial charge on any atom is -0.464 e. The number of nitrogens with one attached hydrogen (secondary N) is 1. The minimum atomic E-state index is -0.683. The van der Waals surface area contributed by atoms with Gasteiger partial charge >= 0.3 is 5.97 Å². The van der Waals surface area contributed by atoms with E-state index in [0.29, 0.717) is 38.6 Å². The van der Waals surface area contributed by atoms with Crippen LogP contribution in [0.25, 0.3) is 33.4 Å². The topological polar surface area (TPSA) is 142 Å². The van der Waals surface area contributed by atoms with Crippen LogP contribution < -0.4 is 10.3 Å². The van der Waals surface area contributed by atoms with Gasteiger partial charge in [0.1, 0.15) is 21.0 Å². The molecule has 4 aliphatic rings.